The van der Waals surface area contributed by atoms with Crippen molar-refractivity contribution in [3.8, 4) is 11.1 Å². The fourth-order valence-electron chi connectivity index (χ4n) is 2.47. The van der Waals surface area contributed by atoms with E-state index in [4.69, 9.17) is 0 Å². The summed E-state index contributed by atoms with van der Waals surface area (Å²) < 4.78 is 65.2. The highest BCUT2D eigenvalue weighted by molar-refractivity contribution is 7.92. The van der Waals surface area contributed by atoms with Crippen molar-refractivity contribution in [2.75, 3.05) is 4.72 Å². The SMILES string of the molecule is Cc1cccc(NS(=O)(=O)c2ccc(-c3ccc(C(F)(F)F)cc3)cc2)n1. The maximum atomic E-state index is 12.6. The van der Waals surface area contributed by atoms with Crippen molar-refractivity contribution in [2.24, 2.45) is 0 Å². The molecule has 3 rings (SSSR count). The van der Waals surface area contributed by atoms with Gasteiger partial charge >= 0.3 is 6.18 Å². The van der Waals surface area contributed by atoms with Crippen LogP contribution in [0, 0.1) is 6.92 Å². The van der Waals surface area contributed by atoms with E-state index in [0.717, 1.165) is 12.1 Å². The summed E-state index contributed by atoms with van der Waals surface area (Å²) in [5.74, 6) is 0.210. The molecule has 0 saturated heterocycles. The van der Waals surface area contributed by atoms with Crippen molar-refractivity contribution in [1.82, 2.24) is 4.98 Å². The number of sulfonamides is 1. The molecule has 1 heterocycles. The van der Waals surface area contributed by atoms with Crippen molar-refractivity contribution in [3.63, 3.8) is 0 Å². The monoisotopic (exact) mass is 392 g/mol. The molecule has 8 heteroatoms. The number of anilines is 1. The molecule has 0 aliphatic heterocycles. The molecule has 0 bridgehead atoms. The van der Waals surface area contributed by atoms with Crippen molar-refractivity contribution >= 4 is 15.8 Å². The second-order valence-electron chi connectivity index (χ2n) is 5.87. The number of aromatic nitrogens is 1. The van der Waals surface area contributed by atoms with Gasteiger partial charge in [0, 0.05) is 5.69 Å². The average molecular weight is 392 g/mol. The second kappa shape index (κ2) is 7.03. The van der Waals surface area contributed by atoms with Crippen LogP contribution in [-0.2, 0) is 16.2 Å². The number of benzene rings is 2. The molecule has 2 aromatic carbocycles. The first-order valence-corrected chi connectivity index (χ1v) is 9.38. The summed E-state index contributed by atoms with van der Waals surface area (Å²) in [5, 5.41) is 0. The topological polar surface area (TPSA) is 59.1 Å². The van der Waals surface area contributed by atoms with Crippen LogP contribution in [0.15, 0.2) is 71.6 Å². The minimum absolute atomic E-state index is 0.0291. The molecule has 0 saturated carbocycles. The highest BCUT2D eigenvalue weighted by atomic mass is 32.2. The van der Waals surface area contributed by atoms with E-state index in [0.29, 0.717) is 16.8 Å². The van der Waals surface area contributed by atoms with Gasteiger partial charge in [-0.2, -0.15) is 13.2 Å². The highest BCUT2D eigenvalue weighted by Gasteiger charge is 2.29. The second-order valence-corrected chi connectivity index (χ2v) is 7.55. The summed E-state index contributed by atoms with van der Waals surface area (Å²) in [4.78, 5) is 4.12. The molecule has 0 aliphatic rings. The number of aryl methyl sites for hydroxylation is 1. The summed E-state index contributed by atoms with van der Waals surface area (Å²) in [6.07, 6.45) is -4.40. The Bertz CT molecular complexity index is 1050. The van der Waals surface area contributed by atoms with Crippen LogP contribution in [0.4, 0.5) is 19.0 Å². The molecule has 0 radical (unpaired) electrons. The molecule has 3 aromatic rings. The molecule has 4 nitrogen and oxygen atoms in total. The lowest BCUT2D eigenvalue weighted by Crippen LogP contribution is -2.14. The lowest BCUT2D eigenvalue weighted by atomic mass is 10.0. The number of hydrogen-bond donors (Lipinski definition) is 1. The predicted octanol–water partition coefficient (Wildman–Crippen LogP) is 4.88. The van der Waals surface area contributed by atoms with Crippen LogP contribution < -0.4 is 4.72 Å². The Balaban J connectivity index is 1.82. The largest absolute Gasteiger partial charge is 0.416 e. The van der Waals surface area contributed by atoms with Gasteiger partial charge in [-0.3, -0.25) is 4.72 Å². The van der Waals surface area contributed by atoms with E-state index in [1.54, 1.807) is 37.3 Å². The zero-order valence-corrected chi connectivity index (χ0v) is 15.0. The van der Waals surface area contributed by atoms with Gasteiger partial charge in [-0.15, -0.1) is 0 Å². The first kappa shape index (κ1) is 18.9. The fraction of sp³-hybridized carbons (Fsp3) is 0.105. The minimum atomic E-state index is -4.40. The molecule has 140 valence electrons. The highest BCUT2D eigenvalue weighted by Crippen LogP contribution is 2.31. The van der Waals surface area contributed by atoms with Gasteiger partial charge in [-0.25, -0.2) is 13.4 Å². The quantitative estimate of drug-likeness (QED) is 0.689. The molecule has 0 spiro atoms. The van der Waals surface area contributed by atoms with Gasteiger partial charge in [0.2, 0.25) is 0 Å². The lowest BCUT2D eigenvalue weighted by Gasteiger charge is -2.10. The summed E-state index contributed by atoms with van der Waals surface area (Å²) in [6, 6.07) is 15.5. The summed E-state index contributed by atoms with van der Waals surface area (Å²) in [7, 11) is -3.82. The number of nitrogens with one attached hydrogen (secondary N) is 1. The Hall–Kier alpha value is -2.87. The zero-order valence-electron chi connectivity index (χ0n) is 14.2. The van der Waals surface area contributed by atoms with Crippen LogP contribution in [0.1, 0.15) is 11.3 Å². The van der Waals surface area contributed by atoms with E-state index in [9.17, 15) is 21.6 Å². The Kier molecular flexibility index (Phi) is 4.93. The molecule has 1 aromatic heterocycles. The Morgan fingerprint density at radius 2 is 1.41 bits per heavy atom. The molecular weight excluding hydrogens is 377 g/mol. The summed E-state index contributed by atoms with van der Waals surface area (Å²) in [6.45, 7) is 1.75. The molecular formula is C19H15F3N2O2S. The molecule has 27 heavy (non-hydrogen) atoms. The van der Waals surface area contributed by atoms with Crippen molar-refractivity contribution in [3.05, 3.63) is 78.0 Å². The molecule has 0 aliphatic carbocycles. The van der Waals surface area contributed by atoms with Gasteiger partial charge in [0.15, 0.2) is 0 Å². The maximum absolute atomic E-state index is 12.6. The maximum Gasteiger partial charge on any atom is 0.416 e. The van der Waals surface area contributed by atoms with Crippen LogP contribution in [0.3, 0.4) is 0 Å². The third kappa shape index (κ3) is 4.46. The van der Waals surface area contributed by atoms with E-state index < -0.39 is 21.8 Å². The molecule has 1 N–H and O–H groups in total. The van der Waals surface area contributed by atoms with E-state index in [2.05, 4.69) is 9.71 Å². The van der Waals surface area contributed by atoms with E-state index in [-0.39, 0.29) is 10.7 Å². The Morgan fingerprint density at radius 1 is 0.852 bits per heavy atom. The van der Waals surface area contributed by atoms with E-state index in [1.807, 2.05) is 0 Å². The van der Waals surface area contributed by atoms with Gasteiger partial charge in [0.05, 0.1) is 10.5 Å². The van der Waals surface area contributed by atoms with Crippen molar-refractivity contribution in [1.29, 1.82) is 0 Å². The first-order valence-electron chi connectivity index (χ1n) is 7.89. The fourth-order valence-corrected chi connectivity index (χ4v) is 3.48. The van der Waals surface area contributed by atoms with Gasteiger partial charge in [0.1, 0.15) is 5.82 Å². The lowest BCUT2D eigenvalue weighted by molar-refractivity contribution is -0.137. The van der Waals surface area contributed by atoms with Gasteiger partial charge in [0.25, 0.3) is 10.0 Å². The molecule has 0 amide bonds. The van der Waals surface area contributed by atoms with Crippen molar-refractivity contribution in [2.45, 2.75) is 18.0 Å². The van der Waals surface area contributed by atoms with Gasteiger partial charge < -0.3 is 0 Å². The standard InChI is InChI=1S/C19H15F3N2O2S/c1-13-3-2-4-18(23-13)24-27(25,26)17-11-7-15(8-12-17)14-5-9-16(10-6-14)19(20,21)22/h2-12H,1H3,(H,23,24). The van der Waals surface area contributed by atoms with Crippen molar-refractivity contribution < 1.29 is 21.6 Å². The average Bonchev–Trinajstić information content (AvgIpc) is 2.61. The summed E-state index contributed by atoms with van der Waals surface area (Å²) in [5.41, 5.74) is 1.10. The Morgan fingerprint density at radius 3 is 1.93 bits per heavy atom. The van der Waals surface area contributed by atoms with Crippen LogP contribution >= 0.6 is 0 Å². The zero-order chi connectivity index (χ0) is 19.7. The normalized spacial score (nSPS) is 12.0. The number of pyridine rings is 1. The van der Waals surface area contributed by atoms with Gasteiger partial charge in [-0.1, -0.05) is 30.3 Å². The third-order valence-electron chi connectivity index (χ3n) is 3.84. The number of halogens is 3. The van der Waals surface area contributed by atoms with E-state index >= 15 is 0 Å². The van der Waals surface area contributed by atoms with Gasteiger partial charge in [-0.05, 0) is 54.4 Å². The van der Waals surface area contributed by atoms with Crippen LogP contribution in [-0.4, -0.2) is 13.4 Å². The molecule has 0 atom stereocenters. The third-order valence-corrected chi connectivity index (χ3v) is 5.21. The number of rotatable bonds is 4. The molecule has 0 unspecified atom stereocenters. The van der Waals surface area contributed by atoms with Crippen LogP contribution in [0.25, 0.3) is 11.1 Å². The Labute approximate surface area is 154 Å². The predicted molar refractivity (Wildman–Crippen MR) is 96.7 cm³/mol. The minimum Gasteiger partial charge on any atom is -0.263 e. The first-order chi connectivity index (χ1) is 12.6. The number of alkyl halides is 3. The number of nitrogens with zero attached hydrogens (tertiary/aromatic N) is 1. The smallest absolute Gasteiger partial charge is 0.263 e. The van der Waals surface area contributed by atoms with E-state index in [1.165, 1.54) is 24.3 Å². The molecule has 0 fully saturated rings. The summed E-state index contributed by atoms with van der Waals surface area (Å²) >= 11 is 0. The van der Waals surface area contributed by atoms with Crippen LogP contribution in [0.5, 0.6) is 0 Å². The number of hydrogen-bond acceptors (Lipinski definition) is 3. The van der Waals surface area contributed by atoms with Crippen LogP contribution in [0.2, 0.25) is 0 Å².